The van der Waals surface area contributed by atoms with E-state index in [0.717, 1.165) is 17.1 Å². The maximum atomic E-state index is 10.4. The SMILES string of the molecule is O=[N+]([O-])c1ccc(C2=CSCCO2)cc1. The topological polar surface area (TPSA) is 52.4 Å². The van der Waals surface area contributed by atoms with Crippen molar-refractivity contribution in [3.63, 3.8) is 0 Å². The number of hydrogen-bond donors (Lipinski definition) is 0. The number of nitro groups is 1. The van der Waals surface area contributed by atoms with Crippen molar-refractivity contribution >= 4 is 23.2 Å². The molecule has 1 aliphatic heterocycles. The molecule has 0 aromatic heterocycles. The molecular formula is C10H9NO3S. The van der Waals surface area contributed by atoms with E-state index in [1.807, 2.05) is 5.41 Å². The molecule has 2 rings (SSSR count). The summed E-state index contributed by atoms with van der Waals surface area (Å²) in [6.07, 6.45) is 0. The lowest BCUT2D eigenvalue weighted by atomic mass is 10.2. The number of non-ortho nitro benzene ring substituents is 1. The first-order valence-electron chi connectivity index (χ1n) is 4.47. The lowest BCUT2D eigenvalue weighted by molar-refractivity contribution is -0.384. The van der Waals surface area contributed by atoms with Gasteiger partial charge < -0.3 is 4.74 Å². The van der Waals surface area contributed by atoms with E-state index in [9.17, 15) is 10.1 Å². The van der Waals surface area contributed by atoms with Crippen LogP contribution in [0, 0.1) is 10.1 Å². The predicted octanol–water partition coefficient (Wildman–Crippen LogP) is 2.66. The maximum absolute atomic E-state index is 10.4. The molecule has 15 heavy (non-hydrogen) atoms. The molecule has 0 saturated carbocycles. The fraction of sp³-hybridized carbons (Fsp3) is 0.200. The summed E-state index contributed by atoms with van der Waals surface area (Å²) in [5, 5.41) is 12.4. The van der Waals surface area contributed by atoms with Crippen molar-refractivity contribution in [2.24, 2.45) is 0 Å². The Morgan fingerprint density at radius 1 is 1.33 bits per heavy atom. The van der Waals surface area contributed by atoms with E-state index in [1.165, 1.54) is 12.1 Å². The smallest absolute Gasteiger partial charge is 0.269 e. The van der Waals surface area contributed by atoms with Gasteiger partial charge in [0.05, 0.1) is 11.5 Å². The molecule has 0 saturated heterocycles. The average Bonchev–Trinajstić information content (AvgIpc) is 2.30. The Bertz CT molecular complexity index is 400. The summed E-state index contributed by atoms with van der Waals surface area (Å²) >= 11 is 1.69. The second-order valence-electron chi connectivity index (χ2n) is 3.01. The van der Waals surface area contributed by atoms with Gasteiger partial charge >= 0.3 is 0 Å². The Labute approximate surface area is 91.1 Å². The molecular weight excluding hydrogens is 214 g/mol. The normalized spacial score (nSPS) is 15.3. The van der Waals surface area contributed by atoms with Crippen LogP contribution in [0.15, 0.2) is 29.7 Å². The van der Waals surface area contributed by atoms with Crippen molar-refractivity contribution in [2.45, 2.75) is 0 Å². The summed E-state index contributed by atoms with van der Waals surface area (Å²) in [6.45, 7) is 0.688. The highest BCUT2D eigenvalue weighted by Crippen LogP contribution is 2.25. The third-order valence-corrected chi connectivity index (χ3v) is 2.79. The zero-order valence-corrected chi connectivity index (χ0v) is 8.70. The quantitative estimate of drug-likeness (QED) is 0.571. The Kier molecular flexibility index (Phi) is 2.91. The van der Waals surface area contributed by atoms with E-state index in [-0.39, 0.29) is 5.69 Å². The van der Waals surface area contributed by atoms with E-state index < -0.39 is 4.92 Å². The Balaban J connectivity index is 2.23. The van der Waals surface area contributed by atoms with Crippen LogP contribution in [0.3, 0.4) is 0 Å². The molecule has 4 nitrogen and oxygen atoms in total. The third kappa shape index (κ3) is 2.30. The molecule has 1 aromatic carbocycles. The van der Waals surface area contributed by atoms with Gasteiger partial charge in [-0.2, -0.15) is 0 Å². The van der Waals surface area contributed by atoms with Crippen LogP contribution in [-0.4, -0.2) is 17.3 Å². The molecule has 1 aliphatic rings. The number of ether oxygens (including phenoxy) is 1. The van der Waals surface area contributed by atoms with E-state index in [1.54, 1.807) is 23.9 Å². The monoisotopic (exact) mass is 223 g/mol. The van der Waals surface area contributed by atoms with Crippen LogP contribution in [-0.2, 0) is 4.74 Å². The summed E-state index contributed by atoms with van der Waals surface area (Å²) in [7, 11) is 0. The van der Waals surface area contributed by atoms with Crippen molar-refractivity contribution in [2.75, 3.05) is 12.4 Å². The molecule has 0 radical (unpaired) electrons. The van der Waals surface area contributed by atoms with E-state index >= 15 is 0 Å². The van der Waals surface area contributed by atoms with Crippen molar-refractivity contribution in [3.05, 3.63) is 45.4 Å². The van der Waals surface area contributed by atoms with Gasteiger partial charge in [-0.1, -0.05) is 0 Å². The van der Waals surface area contributed by atoms with Gasteiger partial charge in [0.15, 0.2) is 0 Å². The average molecular weight is 223 g/mol. The summed E-state index contributed by atoms with van der Waals surface area (Å²) in [5.74, 6) is 1.75. The molecule has 5 heteroatoms. The standard InChI is InChI=1S/C10H9NO3S/c12-11(13)9-3-1-8(2-4-9)10-7-15-6-5-14-10/h1-4,7H,5-6H2. The zero-order chi connectivity index (χ0) is 10.7. The second kappa shape index (κ2) is 4.35. The molecule has 0 bridgehead atoms. The molecule has 0 aliphatic carbocycles. The van der Waals surface area contributed by atoms with Crippen molar-refractivity contribution in [3.8, 4) is 0 Å². The van der Waals surface area contributed by atoms with Gasteiger partial charge in [0, 0.05) is 28.9 Å². The first-order valence-corrected chi connectivity index (χ1v) is 5.51. The predicted molar refractivity (Wildman–Crippen MR) is 59.5 cm³/mol. The molecule has 0 atom stereocenters. The molecule has 78 valence electrons. The molecule has 1 heterocycles. The van der Waals surface area contributed by atoms with Gasteiger partial charge in [-0.05, 0) is 12.1 Å². The Hall–Kier alpha value is -1.49. The minimum Gasteiger partial charge on any atom is -0.492 e. The van der Waals surface area contributed by atoms with Crippen LogP contribution in [0.2, 0.25) is 0 Å². The van der Waals surface area contributed by atoms with Crippen molar-refractivity contribution in [1.82, 2.24) is 0 Å². The van der Waals surface area contributed by atoms with Crippen molar-refractivity contribution < 1.29 is 9.66 Å². The number of thioether (sulfide) groups is 1. The van der Waals surface area contributed by atoms with Crippen molar-refractivity contribution in [1.29, 1.82) is 0 Å². The highest BCUT2D eigenvalue weighted by atomic mass is 32.2. The number of nitrogens with zero attached hydrogens (tertiary/aromatic N) is 1. The molecule has 1 aromatic rings. The van der Waals surface area contributed by atoms with Gasteiger partial charge in [0.25, 0.3) is 5.69 Å². The first kappa shape index (κ1) is 10.0. The van der Waals surface area contributed by atoms with Gasteiger partial charge in [-0.25, -0.2) is 0 Å². The van der Waals surface area contributed by atoms with Crippen LogP contribution in [0.5, 0.6) is 0 Å². The largest absolute Gasteiger partial charge is 0.492 e. The number of hydrogen-bond acceptors (Lipinski definition) is 4. The van der Waals surface area contributed by atoms with Crippen LogP contribution >= 0.6 is 11.8 Å². The van der Waals surface area contributed by atoms with E-state index in [0.29, 0.717) is 6.61 Å². The Morgan fingerprint density at radius 2 is 2.07 bits per heavy atom. The zero-order valence-electron chi connectivity index (χ0n) is 7.88. The molecule has 0 N–H and O–H groups in total. The van der Waals surface area contributed by atoms with Gasteiger partial charge in [-0.15, -0.1) is 11.8 Å². The second-order valence-corrected chi connectivity index (χ2v) is 3.98. The summed E-state index contributed by atoms with van der Waals surface area (Å²) < 4.78 is 5.43. The lowest BCUT2D eigenvalue weighted by Gasteiger charge is -2.14. The van der Waals surface area contributed by atoms with Crippen LogP contribution < -0.4 is 0 Å². The lowest BCUT2D eigenvalue weighted by Crippen LogP contribution is -2.01. The van der Waals surface area contributed by atoms with E-state index in [4.69, 9.17) is 4.74 Å². The number of nitro benzene ring substituents is 1. The minimum absolute atomic E-state index is 0.0998. The Morgan fingerprint density at radius 3 is 2.60 bits per heavy atom. The van der Waals surface area contributed by atoms with Crippen LogP contribution in [0.4, 0.5) is 5.69 Å². The van der Waals surface area contributed by atoms with Gasteiger partial charge in [-0.3, -0.25) is 10.1 Å². The molecule has 0 spiro atoms. The van der Waals surface area contributed by atoms with Gasteiger partial charge in [0.2, 0.25) is 0 Å². The molecule has 0 unspecified atom stereocenters. The fourth-order valence-corrected chi connectivity index (χ4v) is 1.92. The summed E-state index contributed by atoms with van der Waals surface area (Å²) in [4.78, 5) is 10.0. The number of benzene rings is 1. The molecule has 0 fully saturated rings. The fourth-order valence-electron chi connectivity index (χ4n) is 1.27. The number of rotatable bonds is 2. The van der Waals surface area contributed by atoms with Gasteiger partial charge in [0.1, 0.15) is 5.76 Å². The van der Waals surface area contributed by atoms with Crippen LogP contribution in [0.25, 0.3) is 5.76 Å². The minimum atomic E-state index is -0.408. The molecule has 0 amide bonds. The highest BCUT2D eigenvalue weighted by Gasteiger charge is 2.09. The highest BCUT2D eigenvalue weighted by molar-refractivity contribution is 8.02. The third-order valence-electron chi connectivity index (χ3n) is 2.01. The van der Waals surface area contributed by atoms with Crippen LogP contribution in [0.1, 0.15) is 5.56 Å². The van der Waals surface area contributed by atoms with E-state index in [2.05, 4.69) is 0 Å². The summed E-state index contributed by atoms with van der Waals surface area (Å²) in [6, 6.07) is 6.38. The maximum Gasteiger partial charge on any atom is 0.269 e. The summed E-state index contributed by atoms with van der Waals surface area (Å²) in [5.41, 5.74) is 0.982. The first-order chi connectivity index (χ1) is 7.27.